The lowest BCUT2D eigenvalue weighted by Crippen LogP contribution is -2.35. The number of amides is 1. The van der Waals surface area contributed by atoms with Crippen molar-refractivity contribution in [2.75, 3.05) is 37.4 Å². The van der Waals surface area contributed by atoms with Crippen molar-refractivity contribution in [3.8, 4) is 0 Å². The van der Waals surface area contributed by atoms with E-state index in [1.807, 2.05) is 63.2 Å². The zero-order valence-electron chi connectivity index (χ0n) is 17.8. The molecule has 2 aromatic rings. The number of nitrogens with one attached hydrogen (secondary N) is 1. The maximum Gasteiger partial charge on any atom is 0.290 e. The van der Waals surface area contributed by atoms with E-state index in [4.69, 9.17) is 9.90 Å². The van der Waals surface area contributed by atoms with Gasteiger partial charge in [-0.15, -0.1) is 0 Å². The molecule has 1 aliphatic rings. The SMILES string of the molecule is Cc1nc(N(C)C)nc(NCCN2N=C(c3ccccc3)CCC2=O)c1C.O=CO. The van der Waals surface area contributed by atoms with Crippen LogP contribution in [0.4, 0.5) is 11.8 Å². The van der Waals surface area contributed by atoms with E-state index in [0.717, 1.165) is 28.4 Å². The average Bonchev–Trinajstić information content (AvgIpc) is 2.73. The molecule has 3 rings (SSSR count). The molecule has 2 heterocycles. The van der Waals surface area contributed by atoms with Gasteiger partial charge in [-0.1, -0.05) is 30.3 Å². The fourth-order valence-electron chi connectivity index (χ4n) is 2.88. The van der Waals surface area contributed by atoms with E-state index < -0.39 is 0 Å². The number of carboxylic acid groups (broad SMARTS) is 1. The molecule has 0 bridgehead atoms. The van der Waals surface area contributed by atoms with Crippen molar-refractivity contribution >= 4 is 29.9 Å². The minimum absolute atomic E-state index is 0.0565. The van der Waals surface area contributed by atoms with E-state index >= 15 is 0 Å². The Morgan fingerprint density at radius 3 is 2.47 bits per heavy atom. The molecular formula is C21H28N6O3. The molecule has 30 heavy (non-hydrogen) atoms. The Hall–Kier alpha value is -3.49. The first-order valence-corrected chi connectivity index (χ1v) is 9.65. The van der Waals surface area contributed by atoms with Crippen molar-refractivity contribution < 1.29 is 14.7 Å². The predicted molar refractivity (Wildman–Crippen MR) is 117 cm³/mol. The number of carbonyl (C=O) groups excluding carboxylic acids is 1. The topological polar surface area (TPSA) is 111 Å². The molecule has 0 saturated carbocycles. The third kappa shape index (κ3) is 6.00. The third-order valence-electron chi connectivity index (χ3n) is 4.61. The summed E-state index contributed by atoms with van der Waals surface area (Å²) in [5, 5.41) is 16.4. The zero-order chi connectivity index (χ0) is 22.1. The van der Waals surface area contributed by atoms with E-state index in [9.17, 15) is 4.79 Å². The van der Waals surface area contributed by atoms with Gasteiger partial charge in [-0.3, -0.25) is 9.59 Å². The Morgan fingerprint density at radius 1 is 1.17 bits per heavy atom. The molecule has 0 radical (unpaired) electrons. The lowest BCUT2D eigenvalue weighted by atomic mass is 10.0. The largest absolute Gasteiger partial charge is 0.483 e. The number of anilines is 2. The normalized spacial score (nSPS) is 13.1. The van der Waals surface area contributed by atoms with Gasteiger partial charge in [-0.2, -0.15) is 10.1 Å². The van der Waals surface area contributed by atoms with Crippen LogP contribution in [-0.2, 0) is 9.59 Å². The summed E-state index contributed by atoms with van der Waals surface area (Å²) in [7, 11) is 3.83. The molecule has 0 aliphatic carbocycles. The standard InChI is InChI=1S/C20H26N6O.CH2O2/c1-14-15(2)22-20(25(3)4)23-19(14)21-12-13-26-18(27)11-10-17(24-26)16-8-6-5-7-9-16;2-1-3/h5-9H,10-13H2,1-4H3,(H,21,22,23);1H,(H,2,3). The number of nitrogens with zero attached hydrogens (tertiary/aromatic N) is 5. The van der Waals surface area contributed by atoms with Crippen LogP contribution in [0.1, 0.15) is 29.7 Å². The van der Waals surface area contributed by atoms with Gasteiger partial charge in [0.1, 0.15) is 5.82 Å². The molecule has 9 heteroatoms. The molecular weight excluding hydrogens is 384 g/mol. The van der Waals surface area contributed by atoms with Gasteiger partial charge in [-0.25, -0.2) is 9.99 Å². The molecule has 160 valence electrons. The van der Waals surface area contributed by atoms with Crippen LogP contribution in [0.15, 0.2) is 35.4 Å². The van der Waals surface area contributed by atoms with E-state index in [1.54, 1.807) is 5.01 Å². The number of carbonyl (C=O) groups is 2. The minimum Gasteiger partial charge on any atom is -0.483 e. The maximum absolute atomic E-state index is 12.2. The summed E-state index contributed by atoms with van der Waals surface area (Å²) in [5.41, 5.74) is 3.98. The molecule has 1 aromatic carbocycles. The van der Waals surface area contributed by atoms with Gasteiger partial charge < -0.3 is 15.3 Å². The maximum atomic E-state index is 12.2. The molecule has 9 nitrogen and oxygen atoms in total. The molecule has 0 saturated heterocycles. The van der Waals surface area contributed by atoms with Crippen LogP contribution in [0.3, 0.4) is 0 Å². The first-order chi connectivity index (χ1) is 14.4. The Morgan fingerprint density at radius 2 is 1.83 bits per heavy atom. The summed E-state index contributed by atoms with van der Waals surface area (Å²) in [6.45, 7) is 4.78. The van der Waals surface area contributed by atoms with Crippen molar-refractivity contribution in [2.45, 2.75) is 26.7 Å². The van der Waals surface area contributed by atoms with Gasteiger partial charge in [0, 0.05) is 44.7 Å². The Labute approximate surface area is 176 Å². The number of hydrogen-bond acceptors (Lipinski definition) is 7. The van der Waals surface area contributed by atoms with Crippen LogP contribution in [0, 0.1) is 13.8 Å². The van der Waals surface area contributed by atoms with Gasteiger partial charge in [0.2, 0.25) is 11.9 Å². The Kier molecular flexibility index (Phi) is 8.28. The van der Waals surface area contributed by atoms with Crippen LogP contribution in [0.5, 0.6) is 0 Å². The lowest BCUT2D eigenvalue weighted by Gasteiger charge is -2.24. The number of hydrazone groups is 1. The van der Waals surface area contributed by atoms with Crippen LogP contribution < -0.4 is 10.2 Å². The van der Waals surface area contributed by atoms with Crippen molar-refractivity contribution in [3.63, 3.8) is 0 Å². The second kappa shape index (κ2) is 10.9. The third-order valence-corrected chi connectivity index (χ3v) is 4.61. The van der Waals surface area contributed by atoms with Crippen molar-refractivity contribution in [1.29, 1.82) is 0 Å². The molecule has 1 aromatic heterocycles. The Balaban J connectivity index is 0.00000101. The first kappa shape index (κ1) is 22.8. The van der Waals surface area contributed by atoms with Gasteiger partial charge in [0.25, 0.3) is 6.47 Å². The molecule has 0 unspecified atom stereocenters. The summed E-state index contributed by atoms with van der Waals surface area (Å²) in [4.78, 5) is 31.5. The summed E-state index contributed by atoms with van der Waals surface area (Å²) >= 11 is 0. The number of aromatic nitrogens is 2. The van der Waals surface area contributed by atoms with E-state index in [0.29, 0.717) is 31.9 Å². The molecule has 0 spiro atoms. The Bertz CT molecular complexity index is 899. The number of hydrogen-bond donors (Lipinski definition) is 2. The highest BCUT2D eigenvalue weighted by Crippen LogP contribution is 2.19. The number of rotatable bonds is 6. The molecule has 1 amide bonds. The van der Waals surface area contributed by atoms with Crippen molar-refractivity contribution in [3.05, 3.63) is 47.2 Å². The van der Waals surface area contributed by atoms with Gasteiger partial charge in [-0.05, 0) is 19.4 Å². The monoisotopic (exact) mass is 412 g/mol. The summed E-state index contributed by atoms with van der Waals surface area (Å²) in [6.07, 6.45) is 1.17. The highest BCUT2D eigenvalue weighted by atomic mass is 16.3. The fourth-order valence-corrected chi connectivity index (χ4v) is 2.88. The summed E-state index contributed by atoms with van der Waals surface area (Å²) < 4.78 is 0. The van der Waals surface area contributed by atoms with E-state index in [-0.39, 0.29) is 12.4 Å². The first-order valence-electron chi connectivity index (χ1n) is 9.65. The van der Waals surface area contributed by atoms with Crippen molar-refractivity contribution in [1.82, 2.24) is 15.0 Å². The van der Waals surface area contributed by atoms with E-state index in [1.165, 1.54) is 0 Å². The van der Waals surface area contributed by atoms with Gasteiger partial charge in [0.15, 0.2) is 0 Å². The summed E-state index contributed by atoms with van der Waals surface area (Å²) in [6, 6.07) is 10.0. The highest BCUT2D eigenvalue weighted by molar-refractivity contribution is 6.04. The zero-order valence-corrected chi connectivity index (χ0v) is 17.8. The molecule has 0 atom stereocenters. The second-order valence-electron chi connectivity index (χ2n) is 6.94. The predicted octanol–water partition coefficient (Wildman–Crippen LogP) is 2.30. The van der Waals surface area contributed by atoms with Crippen LogP contribution in [-0.4, -0.2) is 65.4 Å². The second-order valence-corrected chi connectivity index (χ2v) is 6.94. The fraction of sp³-hybridized carbons (Fsp3) is 0.381. The quantitative estimate of drug-likeness (QED) is 0.700. The van der Waals surface area contributed by atoms with Gasteiger partial charge >= 0.3 is 0 Å². The number of benzene rings is 1. The highest BCUT2D eigenvalue weighted by Gasteiger charge is 2.21. The number of aryl methyl sites for hydroxylation is 1. The van der Waals surface area contributed by atoms with Gasteiger partial charge in [0.05, 0.1) is 12.3 Å². The minimum atomic E-state index is -0.250. The smallest absolute Gasteiger partial charge is 0.290 e. The van der Waals surface area contributed by atoms with Crippen LogP contribution >= 0.6 is 0 Å². The van der Waals surface area contributed by atoms with E-state index in [2.05, 4.69) is 20.4 Å². The van der Waals surface area contributed by atoms with Crippen LogP contribution in [0.2, 0.25) is 0 Å². The lowest BCUT2D eigenvalue weighted by molar-refractivity contribution is -0.131. The van der Waals surface area contributed by atoms with Crippen molar-refractivity contribution in [2.24, 2.45) is 5.10 Å². The molecule has 1 aliphatic heterocycles. The average molecular weight is 412 g/mol. The molecule has 2 N–H and O–H groups in total. The molecule has 0 fully saturated rings. The summed E-state index contributed by atoms with van der Waals surface area (Å²) in [5.74, 6) is 1.52. The van der Waals surface area contributed by atoms with Crippen LogP contribution in [0.25, 0.3) is 0 Å².